The van der Waals surface area contributed by atoms with E-state index in [4.69, 9.17) is 9.40 Å². The monoisotopic (exact) mass is 372 g/mol. The molecule has 0 fully saturated rings. The lowest BCUT2D eigenvalue weighted by Gasteiger charge is -2.35. The predicted molar refractivity (Wildman–Crippen MR) is 105 cm³/mol. The van der Waals surface area contributed by atoms with Gasteiger partial charge in [-0.1, -0.05) is 24.3 Å². The summed E-state index contributed by atoms with van der Waals surface area (Å²) in [6.07, 6.45) is 2.10. The molecule has 0 bridgehead atoms. The number of rotatable bonds is 2. The average molecular weight is 372 g/mol. The van der Waals surface area contributed by atoms with E-state index in [2.05, 4.69) is 22.1 Å². The maximum absolute atomic E-state index is 13.3. The van der Waals surface area contributed by atoms with E-state index in [1.54, 1.807) is 6.92 Å². The number of oxazole rings is 1. The molecular weight excluding hydrogens is 352 g/mol. The van der Waals surface area contributed by atoms with E-state index in [-0.39, 0.29) is 17.7 Å². The minimum atomic E-state index is -0.298. The fraction of sp³-hybridized carbons (Fsp3) is 0.227. The number of pyridine rings is 1. The summed E-state index contributed by atoms with van der Waals surface area (Å²) in [7, 11) is 0. The molecule has 1 amide bonds. The van der Waals surface area contributed by atoms with Crippen LogP contribution in [0.2, 0.25) is 0 Å². The molecule has 0 radical (unpaired) electrons. The van der Waals surface area contributed by atoms with Gasteiger partial charge >= 0.3 is 0 Å². The fourth-order valence-corrected chi connectivity index (χ4v) is 4.12. The van der Waals surface area contributed by atoms with Gasteiger partial charge in [0.05, 0.1) is 11.4 Å². The Hall–Kier alpha value is -3.41. The van der Waals surface area contributed by atoms with Crippen LogP contribution in [-0.4, -0.2) is 32.3 Å². The summed E-state index contributed by atoms with van der Waals surface area (Å²) in [6.45, 7) is 4.34. The first-order chi connectivity index (χ1) is 13.6. The number of benzene rings is 1. The Labute approximate surface area is 162 Å². The molecule has 3 aromatic heterocycles. The second kappa shape index (κ2) is 6.34. The number of aromatic nitrogens is 3. The molecule has 0 saturated heterocycles. The number of amides is 1. The largest absolute Gasteiger partial charge is 0.438 e. The Morgan fingerprint density at radius 3 is 2.82 bits per heavy atom. The molecule has 4 aromatic rings. The molecule has 1 aliphatic heterocycles. The minimum absolute atomic E-state index is 0.160. The number of hydrogen-bond donors (Lipinski definition) is 1. The highest BCUT2D eigenvalue weighted by atomic mass is 16.3. The quantitative estimate of drug-likeness (QED) is 0.578. The van der Waals surface area contributed by atoms with Gasteiger partial charge in [0.25, 0.3) is 5.91 Å². The third-order valence-corrected chi connectivity index (χ3v) is 5.43. The molecule has 1 aliphatic rings. The molecule has 0 spiro atoms. The van der Waals surface area contributed by atoms with Crippen molar-refractivity contribution >= 4 is 16.8 Å². The van der Waals surface area contributed by atoms with Gasteiger partial charge in [0.15, 0.2) is 6.39 Å². The highest BCUT2D eigenvalue weighted by molar-refractivity contribution is 5.94. The van der Waals surface area contributed by atoms with Gasteiger partial charge in [-0.15, -0.1) is 0 Å². The smallest absolute Gasteiger partial charge is 0.292 e. The van der Waals surface area contributed by atoms with Crippen LogP contribution in [0.15, 0.2) is 53.3 Å². The second-order valence-electron chi connectivity index (χ2n) is 7.18. The summed E-state index contributed by atoms with van der Waals surface area (Å²) in [5.41, 5.74) is 5.72. The van der Waals surface area contributed by atoms with E-state index in [1.807, 2.05) is 42.2 Å². The Bertz CT molecular complexity index is 1190. The number of H-pyrrole nitrogens is 1. The molecule has 1 aromatic carbocycles. The number of aryl methyl sites for hydroxylation is 2. The molecule has 6 nitrogen and oxygen atoms in total. The molecule has 1 N–H and O–H groups in total. The van der Waals surface area contributed by atoms with Crippen LogP contribution in [0.3, 0.4) is 0 Å². The summed E-state index contributed by atoms with van der Waals surface area (Å²) >= 11 is 0. The Kier molecular flexibility index (Phi) is 3.79. The van der Waals surface area contributed by atoms with E-state index < -0.39 is 0 Å². The zero-order valence-electron chi connectivity index (χ0n) is 15.8. The highest BCUT2D eigenvalue weighted by Gasteiger charge is 2.37. The van der Waals surface area contributed by atoms with E-state index >= 15 is 0 Å². The first-order valence-electron chi connectivity index (χ1n) is 9.37. The lowest BCUT2D eigenvalue weighted by Crippen LogP contribution is -2.41. The van der Waals surface area contributed by atoms with E-state index in [1.165, 1.54) is 17.3 Å². The number of nitrogens with one attached hydrogen (secondary N) is 1. The van der Waals surface area contributed by atoms with Crippen molar-refractivity contribution in [2.45, 2.75) is 26.3 Å². The molecule has 140 valence electrons. The van der Waals surface area contributed by atoms with Gasteiger partial charge < -0.3 is 14.3 Å². The van der Waals surface area contributed by atoms with Gasteiger partial charge in [-0.3, -0.25) is 9.78 Å². The summed E-state index contributed by atoms with van der Waals surface area (Å²) < 4.78 is 5.40. The molecule has 5 rings (SSSR count). The summed E-state index contributed by atoms with van der Waals surface area (Å²) in [5, 5.41) is 1.21. The maximum Gasteiger partial charge on any atom is 0.292 e. The average Bonchev–Trinajstić information content (AvgIpc) is 3.30. The lowest BCUT2D eigenvalue weighted by atomic mass is 9.94. The fourth-order valence-electron chi connectivity index (χ4n) is 4.12. The first kappa shape index (κ1) is 16.7. The molecule has 0 saturated carbocycles. The van der Waals surface area contributed by atoms with Crippen molar-refractivity contribution < 1.29 is 9.21 Å². The lowest BCUT2D eigenvalue weighted by molar-refractivity contribution is 0.0654. The molecule has 1 atom stereocenters. The van der Waals surface area contributed by atoms with Gasteiger partial charge in [-0.2, -0.15) is 0 Å². The summed E-state index contributed by atoms with van der Waals surface area (Å²) in [4.78, 5) is 27.5. The molecule has 0 unspecified atom stereocenters. The number of hydrogen-bond acceptors (Lipinski definition) is 4. The van der Waals surface area contributed by atoms with E-state index in [0.717, 1.165) is 29.0 Å². The SMILES string of the molecule is Cc1cccc([C@@H]2c3[nH]c4ccccc4c3CCN2C(=O)c2ocnc2C)n1. The van der Waals surface area contributed by atoms with Crippen molar-refractivity contribution in [1.82, 2.24) is 19.9 Å². The molecule has 6 heteroatoms. The number of carbonyl (C=O) groups is 1. The summed E-state index contributed by atoms with van der Waals surface area (Å²) in [6, 6.07) is 13.9. The standard InChI is InChI=1S/C22H20N4O2/c1-13-6-5-9-18(24-13)20-19-16(15-7-3-4-8-17(15)25-19)10-11-26(20)22(27)21-14(2)23-12-28-21/h3-9,12,20,25H,10-11H2,1-2H3/t20-/m1/s1. The van der Waals surface area contributed by atoms with Crippen molar-refractivity contribution in [3.8, 4) is 0 Å². The van der Waals surface area contributed by atoms with Crippen molar-refractivity contribution in [3.63, 3.8) is 0 Å². The molecule has 28 heavy (non-hydrogen) atoms. The van der Waals surface area contributed by atoms with Gasteiger partial charge in [0, 0.05) is 28.8 Å². The Morgan fingerprint density at radius 2 is 2.04 bits per heavy atom. The zero-order valence-corrected chi connectivity index (χ0v) is 15.8. The van der Waals surface area contributed by atoms with Crippen LogP contribution >= 0.6 is 0 Å². The normalized spacial score (nSPS) is 16.4. The predicted octanol–water partition coefficient (Wildman–Crippen LogP) is 3.96. The highest BCUT2D eigenvalue weighted by Crippen LogP contribution is 2.38. The van der Waals surface area contributed by atoms with Gasteiger partial charge in [0.2, 0.25) is 5.76 Å². The van der Waals surface area contributed by atoms with Gasteiger partial charge in [0.1, 0.15) is 6.04 Å². The molecule has 4 heterocycles. The first-order valence-corrected chi connectivity index (χ1v) is 9.37. The number of para-hydroxylation sites is 1. The van der Waals surface area contributed by atoms with Gasteiger partial charge in [-0.05, 0) is 44.0 Å². The number of aromatic amines is 1. The van der Waals surface area contributed by atoms with Crippen molar-refractivity contribution in [3.05, 3.63) is 83.0 Å². The van der Waals surface area contributed by atoms with Crippen LogP contribution in [-0.2, 0) is 6.42 Å². The van der Waals surface area contributed by atoms with Gasteiger partial charge in [-0.25, -0.2) is 4.98 Å². The molecule has 0 aliphatic carbocycles. The van der Waals surface area contributed by atoms with E-state index in [0.29, 0.717) is 12.2 Å². The minimum Gasteiger partial charge on any atom is -0.438 e. The number of nitrogens with zero attached hydrogens (tertiary/aromatic N) is 3. The van der Waals surface area contributed by atoms with Crippen LogP contribution < -0.4 is 0 Å². The van der Waals surface area contributed by atoms with Crippen LogP contribution in [0, 0.1) is 13.8 Å². The Morgan fingerprint density at radius 1 is 1.18 bits per heavy atom. The van der Waals surface area contributed by atoms with Crippen LogP contribution in [0.4, 0.5) is 0 Å². The van der Waals surface area contributed by atoms with Crippen LogP contribution in [0.25, 0.3) is 10.9 Å². The zero-order chi connectivity index (χ0) is 19.3. The van der Waals surface area contributed by atoms with Crippen LogP contribution in [0.1, 0.15) is 44.9 Å². The van der Waals surface area contributed by atoms with E-state index in [9.17, 15) is 4.79 Å². The van der Waals surface area contributed by atoms with Crippen molar-refractivity contribution in [2.24, 2.45) is 0 Å². The topological polar surface area (TPSA) is 75.0 Å². The number of carbonyl (C=O) groups excluding carboxylic acids is 1. The molecular formula is C22H20N4O2. The number of fused-ring (bicyclic) bond motifs is 3. The summed E-state index contributed by atoms with van der Waals surface area (Å²) in [5.74, 6) is 0.129. The third kappa shape index (κ3) is 2.52. The Balaban J connectivity index is 1.69. The maximum atomic E-state index is 13.3. The van der Waals surface area contributed by atoms with Crippen LogP contribution in [0.5, 0.6) is 0 Å². The third-order valence-electron chi connectivity index (χ3n) is 5.43. The van der Waals surface area contributed by atoms with Crippen molar-refractivity contribution in [1.29, 1.82) is 0 Å². The second-order valence-corrected chi connectivity index (χ2v) is 7.18. The van der Waals surface area contributed by atoms with Crippen molar-refractivity contribution in [2.75, 3.05) is 6.54 Å².